The van der Waals surface area contributed by atoms with E-state index in [4.69, 9.17) is 0 Å². The normalized spacial score (nSPS) is 20.0. The predicted molar refractivity (Wildman–Crippen MR) is 90.7 cm³/mol. The van der Waals surface area contributed by atoms with Gasteiger partial charge < -0.3 is 15.3 Å². The number of hydrogen-bond donors (Lipinski definition) is 2. The summed E-state index contributed by atoms with van der Waals surface area (Å²) in [6, 6.07) is 3.86. The zero-order chi connectivity index (χ0) is 18.8. The molecule has 1 fully saturated rings. The van der Waals surface area contributed by atoms with E-state index >= 15 is 0 Å². The van der Waals surface area contributed by atoms with Crippen molar-refractivity contribution in [2.24, 2.45) is 11.3 Å². The molecule has 1 heterocycles. The molecule has 6 nitrogen and oxygen atoms in total. The molecule has 1 saturated heterocycles. The first-order chi connectivity index (χ1) is 11.6. The quantitative estimate of drug-likeness (QED) is 0.855. The molecule has 7 heteroatoms. The molecule has 0 saturated carbocycles. The molecule has 1 aliphatic rings. The highest BCUT2D eigenvalue weighted by Crippen LogP contribution is 2.31. The van der Waals surface area contributed by atoms with Crippen molar-refractivity contribution in [1.82, 2.24) is 4.90 Å². The van der Waals surface area contributed by atoms with E-state index < -0.39 is 23.1 Å². The summed E-state index contributed by atoms with van der Waals surface area (Å²) in [6.45, 7) is 5.78. The Morgan fingerprint density at radius 3 is 2.56 bits per heavy atom. The van der Waals surface area contributed by atoms with Crippen molar-refractivity contribution in [1.29, 1.82) is 0 Å². The van der Waals surface area contributed by atoms with Crippen LogP contribution < -0.4 is 5.32 Å². The molecule has 25 heavy (non-hydrogen) atoms. The van der Waals surface area contributed by atoms with Gasteiger partial charge in [0.25, 0.3) is 5.91 Å². The maximum atomic E-state index is 14.2. The van der Waals surface area contributed by atoms with Crippen LogP contribution in [0, 0.1) is 17.2 Å². The first-order valence-corrected chi connectivity index (χ1v) is 8.24. The fraction of sp³-hybridized carbons (Fsp3) is 0.500. The summed E-state index contributed by atoms with van der Waals surface area (Å²) in [4.78, 5) is 36.9. The average molecular weight is 350 g/mol. The van der Waals surface area contributed by atoms with Crippen LogP contribution in [0.4, 0.5) is 10.1 Å². The topological polar surface area (TPSA) is 86.7 Å². The van der Waals surface area contributed by atoms with Crippen molar-refractivity contribution >= 4 is 23.5 Å². The molecule has 0 aromatic heterocycles. The van der Waals surface area contributed by atoms with Gasteiger partial charge in [0, 0.05) is 25.1 Å². The maximum Gasteiger partial charge on any atom is 0.311 e. The maximum absolute atomic E-state index is 14.2. The molecule has 0 radical (unpaired) electrons. The first-order valence-electron chi connectivity index (χ1n) is 8.24. The number of carbonyl (C=O) groups excluding carboxylic acids is 2. The first kappa shape index (κ1) is 18.9. The number of hydrogen-bond acceptors (Lipinski definition) is 3. The molecule has 0 bridgehead atoms. The number of rotatable bonds is 5. The molecule has 0 aliphatic carbocycles. The molecule has 1 unspecified atom stereocenters. The molecule has 1 aromatic carbocycles. The SMILES string of the molecule is CC(C)CC(=O)Nc1ccc(C(=O)N2CCC(C)(C(=O)O)C2)cc1F. The third-order valence-electron chi connectivity index (χ3n) is 4.36. The van der Waals surface area contributed by atoms with E-state index in [0.717, 1.165) is 6.07 Å². The van der Waals surface area contributed by atoms with E-state index in [1.54, 1.807) is 6.92 Å². The van der Waals surface area contributed by atoms with Gasteiger partial charge in [-0.2, -0.15) is 0 Å². The van der Waals surface area contributed by atoms with Crippen molar-refractivity contribution in [2.75, 3.05) is 18.4 Å². The Kier molecular flexibility index (Phi) is 5.45. The summed E-state index contributed by atoms with van der Waals surface area (Å²) in [5, 5.41) is 11.7. The number of nitrogens with zero attached hydrogens (tertiary/aromatic N) is 1. The van der Waals surface area contributed by atoms with Crippen LogP contribution in [0.2, 0.25) is 0 Å². The highest BCUT2D eigenvalue weighted by atomic mass is 19.1. The van der Waals surface area contributed by atoms with Crippen LogP contribution in [0.5, 0.6) is 0 Å². The van der Waals surface area contributed by atoms with Crippen molar-refractivity contribution in [3.8, 4) is 0 Å². The van der Waals surface area contributed by atoms with Crippen LogP contribution in [0.25, 0.3) is 0 Å². The lowest BCUT2D eigenvalue weighted by atomic mass is 9.90. The molecule has 1 aromatic rings. The lowest BCUT2D eigenvalue weighted by Crippen LogP contribution is -2.34. The number of carboxylic acid groups (broad SMARTS) is 1. The van der Waals surface area contributed by atoms with Crippen LogP contribution in [-0.2, 0) is 9.59 Å². The fourth-order valence-corrected chi connectivity index (χ4v) is 2.81. The zero-order valence-corrected chi connectivity index (χ0v) is 14.6. The number of likely N-dealkylation sites (tertiary alicyclic amines) is 1. The molecular formula is C18H23FN2O4. The highest BCUT2D eigenvalue weighted by Gasteiger charge is 2.42. The van der Waals surface area contributed by atoms with Crippen LogP contribution in [0.1, 0.15) is 44.0 Å². The van der Waals surface area contributed by atoms with Gasteiger partial charge in [0.15, 0.2) is 0 Å². The Bertz CT molecular complexity index is 704. The summed E-state index contributed by atoms with van der Waals surface area (Å²) < 4.78 is 14.2. The molecule has 0 spiro atoms. The van der Waals surface area contributed by atoms with Gasteiger partial charge in [-0.15, -0.1) is 0 Å². The number of halogens is 1. The van der Waals surface area contributed by atoms with Crippen LogP contribution in [0.3, 0.4) is 0 Å². The van der Waals surface area contributed by atoms with E-state index in [1.807, 2.05) is 13.8 Å². The van der Waals surface area contributed by atoms with E-state index in [-0.39, 0.29) is 36.0 Å². The van der Waals surface area contributed by atoms with Gasteiger partial charge in [0.05, 0.1) is 11.1 Å². The van der Waals surface area contributed by atoms with Gasteiger partial charge >= 0.3 is 5.97 Å². The Balaban J connectivity index is 2.09. The lowest BCUT2D eigenvalue weighted by Gasteiger charge is -2.20. The smallest absolute Gasteiger partial charge is 0.311 e. The second kappa shape index (κ2) is 7.21. The summed E-state index contributed by atoms with van der Waals surface area (Å²) in [5.74, 6) is -2.18. The lowest BCUT2D eigenvalue weighted by molar-refractivity contribution is -0.147. The Labute approximate surface area is 146 Å². The summed E-state index contributed by atoms with van der Waals surface area (Å²) in [6.07, 6.45) is 0.640. The van der Waals surface area contributed by atoms with Gasteiger partial charge in [0.1, 0.15) is 5.82 Å². The second-order valence-electron chi connectivity index (χ2n) is 7.18. The minimum Gasteiger partial charge on any atom is -0.481 e. The number of nitrogens with one attached hydrogen (secondary N) is 1. The van der Waals surface area contributed by atoms with Crippen molar-refractivity contribution in [3.63, 3.8) is 0 Å². The summed E-state index contributed by atoms with van der Waals surface area (Å²) >= 11 is 0. The number of anilines is 1. The van der Waals surface area contributed by atoms with Gasteiger partial charge in [-0.25, -0.2) is 4.39 Å². The predicted octanol–water partition coefficient (Wildman–Crippen LogP) is 2.75. The molecule has 1 atom stereocenters. The Morgan fingerprint density at radius 2 is 2.04 bits per heavy atom. The van der Waals surface area contributed by atoms with Crippen molar-refractivity contribution < 1.29 is 23.9 Å². The minimum absolute atomic E-state index is 0.0268. The molecule has 1 aliphatic heterocycles. The average Bonchev–Trinajstić information content (AvgIpc) is 2.92. The fourth-order valence-electron chi connectivity index (χ4n) is 2.81. The van der Waals surface area contributed by atoms with E-state index in [2.05, 4.69) is 5.32 Å². The zero-order valence-electron chi connectivity index (χ0n) is 14.6. The summed E-state index contributed by atoms with van der Waals surface area (Å²) in [7, 11) is 0. The van der Waals surface area contributed by atoms with Gasteiger partial charge in [0.2, 0.25) is 5.91 Å². The van der Waals surface area contributed by atoms with E-state index in [1.165, 1.54) is 17.0 Å². The number of benzene rings is 1. The highest BCUT2D eigenvalue weighted by molar-refractivity contribution is 5.96. The van der Waals surface area contributed by atoms with Crippen LogP contribution in [-0.4, -0.2) is 40.9 Å². The van der Waals surface area contributed by atoms with Gasteiger partial charge in [-0.1, -0.05) is 13.8 Å². The molecule has 136 valence electrons. The second-order valence-corrected chi connectivity index (χ2v) is 7.18. The Morgan fingerprint density at radius 1 is 1.36 bits per heavy atom. The molecule has 2 amide bonds. The largest absolute Gasteiger partial charge is 0.481 e. The minimum atomic E-state index is -0.973. The number of carboxylic acids is 1. The number of carbonyl (C=O) groups is 3. The third kappa shape index (κ3) is 4.35. The number of aliphatic carboxylic acids is 1. The van der Waals surface area contributed by atoms with Crippen molar-refractivity contribution in [2.45, 2.75) is 33.6 Å². The van der Waals surface area contributed by atoms with E-state index in [0.29, 0.717) is 13.0 Å². The molecule has 2 rings (SSSR count). The number of amides is 2. The van der Waals surface area contributed by atoms with Crippen LogP contribution >= 0.6 is 0 Å². The molecular weight excluding hydrogens is 327 g/mol. The Hall–Kier alpha value is -2.44. The molecule has 2 N–H and O–H groups in total. The van der Waals surface area contributed by atoms with Gasteiger partial charge in [-0.3, -0.25) is 14.4 Å². The van der Waals surface area contributed by atoms with Gasteiger partial charge in [-0.05, 0) is 37.5 Å². The van der Waals surface area contributed by atoms with Crippen molar-refractivity contribution in [3.05, 3.63) is 29.6 Å². The van der Waals surface area contributed by atoms with Crippen LogP contribution in [0.15, 0.2) is 18.2 Å². The van der Waals surface area contributed by atoms with E-state index in [9.17, 15) is 23.9 Å². The summed E-state index contributed by atoms with van der Waals surface area (Å²) in [5.41, 5.74) is -0.813. The third-order valence-corrected chi connectivity index (χ3v) is 4.36. The standard InChI is InChI=1S/C18H23FN2O4/c1-11(2)8-15(22)20-14-5-4-12(9-13(14)19)16(23)21-7-6-18(3,10-21)17(24)25/h4-5,9,11H,6-8,10H2,1-3H3,(H,20,22)(H,24,25). The monoisotopic (exact) mass is 350 g/mol.